The Bertz CT molecular complexity index is 502. The van der Waals surface area contributed by atoms with Crippen LogP contribution in [0.1, 0.15) is 24.6 Å². The molecule has 1 aliphatic heterocycles. The summed E-state index contributed by atoms with van der Waals surface area (Å²) in [4.78, 5) is 26.2. The molecule has 1 aliphatic rings. The van der Waals surface area contributed by atoms with Crippen molar-refractivity contribution in [2.45, 2.75) is 19.8 Å². The summed E-state index contributed by atoms with van der Waals surface area (Å²) in [6.07, 6.45) is 0. The molecule has 1 N–H and O–H groups in total. The summed E-state index contributed by atoms with van der Waals surface area (Å²) in [5.41, 5.74) is 0. The van der Waals surface area contributed by atoms with Crippen LogP contribution in [0.2, 0.25) is 0 Å². The fraction of sp³-hybridized carbons (Fsp3) is 0.538. The molecule has 1 fully saturated rings. The van der Waals surface area contributed by atoms with Gasteiger partial charge >= 0.3 is 5.97 Å². The van der Waals surface area contributed by atoms with Gasteiger partial charge in [0.05, 0.1) is 15.6 Å². The molecule has 0 radical (unpaired) electrons. The Morgan fingerprint density at radius 3 is 2.63 bits per heavy atom. The molecule has 0 aromatic carbocycles. The molecule has 104 valence electrons. The highest BCUT2D eigenvalue weighted by atomic mass is 79.9. The highest BCUT2D eigenvalue weighted by molar-refractivity contribution is 9.11. The van der Waals surface area contributed by atoms with E-state index < -0.39 is 11.9 Å². The Labute approximate surface area is 124 Å². The van der Waals surface area contributed by atoms with E-state index in [1.807, 2.05) is 26.0 Å². The summed E-state index contributed by atoms with van der Waals surface area (Å²) in [5, 5.41) is 9.10. The van der Waals surface area contributed by atoms with E-state index in [2.05, 4.69) is 15.9 Å². The van der Waals surface area contributed by atoms with Crippen LogP contribution in [0.5, 0.6) is 0 Å². The Balaban J connectivity index is 2.07. The van der Waals surface area contributed by atoms with Crippen molar-refractivity contribution in [1.82, 2.24) is 4.90 Å². The van der Waals surface area contributed by atoms with Crippen LogP contribution in [0.3, 0.4) is 0 Å². The van der Waals surface area contributed by atoms with Crippen LogP contribution >= 0.6 is 27.3 Å². The maximum Gasteiger partial charge on any atom is 0.308 e. The maximum absolute atomic E-state index is 12.4. The lowest BCUT2D eigenvalue weighted by Crippen LogP contribution is -2.33. The third kappa shape index (κ3) is 3.00. The quantitative estimate of drug-likeness (QED) is 0.916. The predicted octanol–water partition coefficient (Wildman–Crippen LogP) is 2.79. The largest absolute Gasteiger partial charge is 0.481 e. The zero-order chi connectivity index (χ0) is 14.2. The molecule has 2 rings (SSSR count). The van der Waals surface area contributed by atoms with E-state index in [0.29, 0.717) is 13.1 Å². The van der Waals surface area contributed by atoms with Crippen molar-refractivity contribution in [1.29, 1.82) is 0 Å². The number of hydrogen-bond acceptors (Lipinski definition) is 3. The summed E-state index contributed by atoms with van der Waals surface area (Å²) in [6, 6.07) is 3.86. The van der Waals surface area contributed by atoms with E-state index >= 15 is 0 Å². The van der Waals surface area contributed by atoms with Gasteiger partial charge < -0.3 is 10.0 Å². The summed E-state index contributed by atoms with van der Waals surface area (Å²) in [7, 11) is 0. The van der Waals surface area contributed by atoms with Crippen molar-refractivity contribution in [2.75, 3.05) is 13.1 Å². The van der Waals surface area contributed by atoms with Gasteiger partial charge in [-0.1, -0.05) is 6.92 Å². The molecule has 1 aromatic rings. The van der Waals surface area contributed by atoms with Crippen LogP contribution in [0.15, 0.2) is 15.9 Å². The Morgan fingerprint density at radius 1 is 1.47 bits per heavy atom. The molecular formula is C13H16BrNO3S. The lowest BCUT2D eigenvalue weighted by atomic mass is 9.99. The van der Waals surface area contributed by atoms with Crippen LogP contribution in [-0.2, 0) is 9.59 Å². The molecule has 1 unspecified atom stereocenters. The molecule has 4 nitrogen and oxygen atoms in total. The van der Waals surface area contributed by atoms with Gasteiger partial charge in [-0.25, -0.2) is 0 Å². The van der Waals surface area contributed by atoms with Gasteiger partial charge in [0.25, 0.3) is 0 Å². The van der Waals surface area contributed by atoms with E-state index in [9.17, 15) is 9.59 Å². The third-order valence-electron chi connectivity index (χ3n) is 3.63. The molecule has 0 aliphatic carbocycles. The van der Waals surface area contributed by atoms with Gasteiger partial charge in [-0.3, -0.25) is 9.59 Å². The topological polar surface area (TPSA) is 57.6 Å². The summed E-state index contributed by atoms with van der Waals surface area (Å²) >= 11 is 4.93. The average Bonchev–Trinajstić information content (AvgIpc) is 2.93. The molecule has 0 bridgehead atoms. The van der Waals surface area contributed by atoms with Crippen LogP contribution in [0.4, 0.5) is 0 Å². The van der Waals surface area contributed by atoms with E-state index in [1.165, 1.54) is 0 Å². The molecular weight excluding hydrogens is 330 g/mol. The monoisotopic (exact) mass is 345 g/mol. The van der Waals surface area contributed by atoms with Gasteiger partial charge in [-0.05, 0) is 40.9 Å². The van der Waals surface area contributed by atoms with E-state index in [4.69, 9.17) is 5.11 Å². The van der Waals surface area contributed by atoms with Gasteiger partial charge in [0.2, 0.25) is 5.91 Å². The first kappa shape index (κ1) is 14.5. The van der Waals surface area contributed by atoms with Crippen molar-refractivity contribution >= 4 is 39.1 Å². The minimum absolute atomic E-state index is 0.0173. The fourth-order valence-corrected chi connectivity index (χ4v) is 3.89. The molecule has 0 spiro atoms. The lowest BCUT2D eigenvalue weighted by Gasteiger charge is -2.20. The smallest absolute Gasteiger partial charge is 0.308 e. The minimum Gasteiger partial charge on any atom is -0.481 e. The summed E-state index contributed by atoms with van der Waals surface area (Å²) < 4.78 is 1.00. The number of carboxylic acids is 1. The first-order valence-electron chi connectivity index (χ1n) is 6.17. The second-order valence-corrected chi connectivity index (χ2v) is 7.52. The zero-order valence-electron chi connectivity index (χ0n) is 10.8. The van der Waals surface area contributed by atoms with Gasteiger partial charge in [0.1, 0.15) is 0 Å². The lowest BCUT2D eigenvalue weighted by molar-refractivity contribution is -0.142. The van der Waals surface area contributed by atoms with Gasteiger partial charge in [0, 0.05) is 18.0 Å². The third-order valence-corrected chi connectivity index (χ3v) is 5.44. The first-order valence-corrected chi connectivity index (χ1v) is 7.78. The predicted molar refractivity (Wildman–Crippen MR) is 77.3 cm³/mol. The molecule has 1 saturated heterocycles. The number of rotatable bonds is 3. The number of thiophene rings is 1. The molecule has 1 amide bonds. The van der Waals surface area contributed by atoms with Crippen molar-refractivity contribution in [3.63, 3.8) is 0 Å². The molecule has 2 heterocycles. The van der Waals surface area contributed by atoms with E-state index in [1.54, 1.807) is 16.2 Å². The van der Waals surface area contributed by atoms with Crippen molar-refractivity contribution in [3.8, 4) is 0 Å². The van der Waals surface area contributed by atoms with Crippen molar-refractivity contribution in [3.05, 3.63) is 20.8 Å². The average molecular weight is 346 g/mol. The standard InChI is InChI=1S/C13H16BrNO3S/c1-7-5-15(6-9(7)13(17)18)12(16)8(2)10-3-4-11(14)19-10/h3-4,7-9H,5-6H2,1-2H3,(H,17,18)/t7-,8?,9-/m1/s1. The van der Waals surface area contributed by atoms with Gasteiger partial charge in [-0.2, -0.15) is 0 Å². The molecule has 19 heavy (non-hydrogen) atoms. The maximum atomic E-state index is 12.4. The van der Waals surface area contributed by atoms with Crippen LogP contribution < -0.4 is 0 Å². The second-order valence-electron chi connectivity index (χ2n) is 5.03. The number of aliphatic carboxylic acids is 1. The van der Waals surface area contributed by atoms with E-state index in [0.717, 1.165) is 8.66 Å². The van der Waals surface area contributed by atoms with E-state index in [-0.39, 0.29) is 17.7 Å². The summed E-state index contributed by atoms with van der Waals surface area (Å²) in [5.74, 6) is -1.43. The Kier molecular flexibility index (Phi) is 4.30. The highest BCUT2D eigenvalue weighted by Gasteiger charge is 2.38. The number of carbonyl (C=O) groups is 2. The Morgan fingerprint density at radius 2 is 2.16 bits per heavy atom. The molecule has 1 aromatic heterocycles. The molecule has 0 saturated carbocycles. The zero-order valence-corrected chi connectivity index (χ0v) is 13.2. The number of carbonyl (C=O) groups excluding carboxylic acids is 1. The molecule has 6 heteroatoms. The van der Waals surface area contributed by atoms with Gasteiger partial charge in [0.15, 0.2) is 0 Å². The number of amides is 1. The molecule has 3 atom stereocenters. The fourth-order valence-electron chi connectivity index (χ4n) is 2.42. The first-order chi connectivity index (χ1) is 8.90. The second kappa shape index (κ2) is 5.63. The number of likely N-dealkylation sites (tertiary alicyclic amines) is 1. The summed E-state index contributed by atoms with van der Waals surface area (Å²) in [6.45, 7) is 4.62. The van der Waals surface area contributed by atoms with Crippen LogP contribution in [0, 0.1) is 11.8 Å². The van der Waals surface area contributed by atoms with Crippen molar-refractivity contribution in [2.24, 2.45) is 11.8 Å². The highest BCUT2D eigenvalue weighted by Crippen LogP contribution is 2.32. The number of nitrogens with zero attached hydrogens (tertiary/aromatic N) is 1. The number of hydrogen-bond donors (Lipinski definition) is 1. The van der Waals surface area contributed by atoms with Crippen LogP contribution in [-0.4, -0.2) is 35.0 Å². The van der Waals surface area contributed by atoms with Gasteiger partial charge in [-0.15, -0.1) is 11.3 Å². The minimum atomic E-state index is -0.811. The number of halogens is 1. The Hall–Kier alpha value is -0.880. The van der Waals surface area contributed by atoms with Crippen LogP contribution in [0.25, 0.3) is 0 Å². The number of carboxylic acid groups (broad SMARTS) is 1. The van der Waals surface area contributed by atoms with Crippen molar-refractivity contribution < 1.29 is 14.7 Å². The SMILES string of the molecule is CC(C(=O)N1C[C@@H](C)[C@H](C(=O)O)C1)c1ccc(Br)s1. The normalized spacial score (nSPS) is 24.5.